The van der Waals surface area contributed by atoms with Crippen molar-refractivity contribution < 1.29 is 9.53 Å². The number of hydrogen-bond donors (Lipinski definition) is 0. The van der Waals surface area contributed by atoms with Crippen LogP contribution in [0.2, 0.25) is 10.0 Å². The van der Waals surface area contributed by atoms with E-state index in [2.05, 4.69) is 4.99 Å². The molecule has 0 radical (unpaired) electrons. The molecule has 0 N–H and O–H groups in total. The molecular formula is C22H13Cl2NO2S. The van der Waals surface area contributed by atoms with Crippen LogP contribution in [0.5, 0.6) is 5.75 Å². The van der Waals surface area contributed by atoms with Crippen molar-refractivity contribution in [1.29, 1.82) is 0 Å². The van der Waals surface area contributed by atoms with Crippen LogP contribution in [0.25, 0.3) is 10.1 Å². The third-order valence-corrected chi connectivity index (χ3v) is 5.91. The summed E-state index contributed by atoms with van der Waals surface area (Å²) in [5.74, 6) is -0.0176. The number of rotatable bonds is 4. The van der Waals surface area contributed by atoms with Crippen molar-refractivity contribution in [3.05, 3.63) is 93.3 Å². The van der Waals surface area contributed by atoms with Gasteiger partial charge in [-0.25, -0.2) is 4.79 Å². The molecule has 0 saturated heterocycles. The summed E-state index contributed by atoms with van der Waals surface area (Å²) in [5, 5.41) is 1.95. The minimum atomic E-state index is -0.464. The number of benzene rings is 3. The molecule has 4 rings (SSSR count). The molecule has 138 valence electrons. The standard InChI is InChI=1S/C22H13Cl2NO2S/c23-15-7-9-16(10-8-15)25-13-14-5-11-17(12-6-14)27-22(26)21-20(24)18-3-1-2-4-19(18)28-21/h1-13H. The number of fused-ring (bicyclic) bond motifs is 1. The predicted molar refractivity (Wildman–Crippen MR) is 117 cm³/mol. The Labute approximate surface area is 175 Å². The highest BCUT2D eigenvalue weighted by Gasteiger charge is 2.18. The Bertz CT molecular complexity index is 1170. The summed E-state index contributed by atoms with van der Waals surface area (Å²) < 4.78 is 6.42. The average molecular weight is 426 g/mol. The van der Waals surface area contributed by atoms with E-state index in [1.807, 2.05) is 48.5 Å². The van der Waals surface area contributed by atoms with Gasteiger partial charge in [0.25, 0.3) is 0 Å². The third kappa shape index (κ3) is 4.09. The maximum atomic E-state index is 12.5. The van der Waals surface area contributed by atoms with E-state index >= 15 is 0 Å². The zero-order chi connectivity index (χ0) is 19.5. The van der Waals surface area contributed by atoms with Crippen molar-refractivity contribution in [3.8, 4) is 5.75 Å². The molecule has 0 unspecified atom stereocenters. The van der Waals surface area contributed by atoms with E-state index in [4.69, 9.17) is 27.9 Å². The smallest absolute Gasteiger partial charge is 0.355 e. The molecule has 0 spiro atoms. The monoisotopic (exact) mass is 425 g/mol. The van der Waals surface area contributed by atoms with Crippen LogP contribution >= 0.6 is 34.5 Å². The zero-order valence-corrected chi connectivity index (χ0v) is 16.8. The molecule has 0 aliphatic heterocycles. The van der Waals surface area contributed by atoms with Gasteiger partial charge in [0.15, 0.2) is 0 Å². The first kappa shape index (κ1) is 18.7. The van der Waals surface area contributed by atoms with Gasteiger partial charge in [-0.1, -0.05) is 41.4 Å². The van der Waals surface area contributed by atoms with Gasteiger partial charge in [0, 0.05) is 21.3 Å². The Hall–Kier alpha value is -2.66. The second-order valence-corrected chi connectivity index (χ2v) is 7.80. The number of ether oxygens (including phenoxy) is 1. The molecule has 0 aliphatic carbocycles. The van der Waals surface area contributed by atoms with Crippen molar-refractivity contribution >= 4 is 62.5 Å². The number of carbonyl (C=O) groups is 1. The highest BCUT2D eigenvalue weighted by Crippen LogP contribution is 2.35. The van der Waals surface area contributed by atoms with Crippen LogP contribution in [0.3, 0.4) is 0 Å². The van der Waals surface area contributed by atoms with E-state index in [1.165, 1.54) is 11.3 Å². The minimum Gasteiger partial charge on any atom is -0.422 e. The molecule has 1 heterocycles. The number of aliphatic imine (C=N–C) groups is 1. The molecule has 1 aromatic heterocycles. The summed E-state index contributed by atoms with van der Waals surface area (Å²) in [5.41, 5.74) is 1.69. The quantitative estimate of drug-likeness (QED) is 0.197. The maximum Gasteiger partial charge on any atom is 0.355 e. The van der Waals surface area contributed by atoms with E-state index in [9.17, 15) is 4.79 Å². The number of carbonyl (C=O) groups excluding carboxylic acids is 1. The molecule has 0 amide bonds. The van der Waals surface area contributed by atoms with Crippen LogP contribution in [0, 0.1) is 0 Å². The maximum absolute atomic E-state index is 12.5. The van der Waals surface area contributed by atoms with E-state index in [0.29, 0.717) is 20.7 Å². The van der Waals surface area contributed by atoms with Crippen molar-refractivity contribution in [1.82, 2.24) is 0 Å². The fourth-order valence-electron chi connectivity index (χ4n) is 2.60. The fourth-order valence-corrected chi connectivity index (χ4v) is 4.11. The number of thiophene rings is 1. The molecule has 0 aliphatic rings. The fraction of sp³-hybridized carbons (Fsp3) is 0. The van der Waals surface area contributed by atoms with E-state index in [1.54, 1.807) is 30.5 Å². The van der Waals surface area contributed by atoms with Gasteiger partial charge in [-0.3, -0.25) is 4.99 Å². The highest BCUT2D eigenvalue weighted by atomic mass is 35.5. The van der Waals surface area contributed by atoms with E-state index < -0.39 is 5.97 Å². The number of esters is 1. The summed E-state index contributed by atoms with van der Waals surface area (Å²) in [6, 6.07) is 22.0. The van der Waals surface area contributed by atoms with Crippen LogP contribution in [0.1, 0.15) is 15.2 Å². The molecular weight excluding hydrogens is 413 g/mol. The van der Waals surface area contributed by atoms with Gasteiger partial charge in [-0.2, -0.15) is 0 Å². The van der Waals surface area contributed by atoms with Gasteiger partial charge in [-0.15, -0.1) is 11.3 Å². The highest BCUT2D eigenvalue weighted by molar-refractivity contribution is 7.21. The zero-order valence-electron chi connectivity index (χ0n) is 14.4. The van der Waals surface area contributed by atoms with Crippen LogP contribution in [-0.2, 0) is 0 Å². The van der Waals surface area contributed by atoms with Crippen LogP contribution in [0.4, 0.5) is 5.69 Å². The Morgan fingerprint density at radius 2 is 1.64 bits per heavy atom. The van der Waals surface area contributed by atoms with Crippen LogP contribution in [-0.4, -0.2) is 12.2 Å². The molecule has 3 aromatic carbocycles. The lowest BCUT2D eigenvalue weighted by Gasteiger charge is -2.03. The van der Waals surface area contributed by atoms with E-state index in [0.717, 1.165) is 21.3 Å². The Morgan fingerprint density at radius 3 is 2.36 bits per heavy atom. The number of halogens is 2. The molecule has 0 fully saturated rings. The third-order valence-electron chi connectivity index (χ3n) is 4.00. The summed E-state index contributed by atoms with van der Waals surface area (Å²) >= 11 is 13.5. The number of nitrogens with zero attached hydrogens (tertiary/aromatic N) is 1. The lowest BCUT2D eigenvalue weighted by atomic mass is 10.2. The SMILES string of the molecule is O=C(Oc1ccc(C=Nc2ccc(Cl)cc2)cc1)c1sc2ccccc2c1Cl. The molecule has 0 atom stereocenters. The lowest BCUT2D eigenvalue weighted by Crippen LogP contribution is -2.06. The largest absolute Gasteiger partial charge is 0.422 e. The average Bonchev–Trinajstić information content (AvgIpc) is 3.06. The minimum absolute atomic E-state index is 0.399. The topological polar surface area (TPSA) is 38.7 Å². The second-order valence-electron chi connectivity index (χ2n) is 5.93. The van der Waals surface area contributed by atoms with Gasteiger partial charge in [0.1, 0.15) is 10.6 Å². The van der Waals surface area contributed by atoms with Crippen molar-refractivity contribution in [3.63, 3.8) is 0 Å². The lowest BCUT2D eigenvalue weighted by molar-refractivity contribution is 0.0740. The van der Waals surface area contributed by atoms with Gasteiger partial charge in [-0.05, 0) is 60.2 Å². The van der Waals surface area contributed by atoms with Crippen LogP contribution in [0.15, 0.2) is 77.8 Å². The van der Waals surface area contributed by atoms with Crippen molar-refractivity contribution in [2.75, 3.05) is 0 Å². The summed E-state index contributed by atoms with van der Waals surface area (Å²) in [6.45, 7) is 0. The molecule has 0 bridgehead atoms. The molecule has 0 saturated carbocycles. The Balaban J connectivity index is 1.47. The van der Waals surface area contributed by atoms with Gasteiger partial charge >= 0.3 is 5.97 Å². The second kappa shape index (κ2) is 8.15. The predicted octanol–water partition coefficient (Wildman–Crippen LogP) is 7.18. The van der Waals surface area contributed by atoms with Gasteiger partial charge in [0.2, 0.25) is 0 Å². The summed E-state index contributed by atoms with van der Waals surface area (Å²) in [7, 11) is 0. The van der Waals surface area contributed by atoms with Crippen LogP contribution < -0.4 is 4.74 Å². The summed E-state index contributed by atoms with van der Waals surface area (Å²) in [6.07, 6.45) is 1.73. The number of hydrogen-bond acceptors (Lipinski definition) is 4. The van der Waals surface area contributed by atoms with Crippen molar-refractivity contribution in [2.45, 2.75) is 0 Å². The first-order chi connectivity index (χ1) is 13.6. The van der Waals surface area contributed by atoms with Crippen molar-refractivity contribution in [2.24, 2.45) is 4.99 Å². The molecule has 4 aromatic rings. The Morgan fingerprint density at radius 1 is 0.929 bits per heavy atom. The normalized spacial score (nSPS) is 11.2. The first-order valence-electron chi connectivity index (χ1n) is 8.39. The first-order valence-corrected chi connectivity index (χ1v) is 9.96. The van der Waals surface area contributed by atoms with Gasteiger partial charge in [0.05, 0.1) is 10.7 Å². The van der Waals surface area contributed by atoms with Gasteiger partial charge < -0.3 is 4.74 Å². The molecule has 28 heavy (non-hydrogen) atoms. The molecule has 3 nitrogen and oxygen atoms in total. The molecule has 6 heteroatoms. The van der Waals surface area contributed by atoms with E-state index in [-0.39, 0.29) is 0 Å². The Kier molecular flexibility index (Phi) is 5.44. The summed E-state index contributed by atoms with van der Waals surface area (Å²) in [4.78, 5) is 17.3.